The van der Waals surface area contributed by atoms with Crippen molar-refractivity contribution in [3.8, 4) is 0 Å². The molecule has 1 aliphatic heterocycles. The Hall–Kier alpha value is -3.57. The number of rotatable bonds is 6. The average Bonchev–Trinajstić information content (AvgIpc) is 3.54. The minimum absolute atomic E-state index is 0.0698. The molecule has 166 valence electrons. The van der Waals surface area contributed by atoms with Gasteiger partial charge in [0, 0.05) is 29.1 Å². The molecule has 3 N–H and O–H groups in total. The van der Waals surface area contributed by atoms with Gasteiger partial charge in [-0.25, -0.2) is 4.98 Å². The summed E-state index contributed by atoms with van der Waals surface area (Å²) >= 11 is 1.32. The van der Waals surface area contributed by atoms with E-state index in [0.29, 0.717) is 40.7 Å². The van der Waals surface area contributed by atoms with Gasteiger partial charge in [0.25, 0.3) is 11.8 Å². The Morgan fingerprint density at radius 2 is 2.09 bits per heavy atom. The first-order valence-corrected chi connectivity index (χ1v) is 10.7. The van der Waals surface area contributed by atoms with Gasteiger partial charge in [-0.1, -0.05) is 11.2 Å². The number of carbonyl (C=O) groups is 3. The molecule has 1 aliphatic rings. The number of ether oxygens (including phenoxy) is 1. The van der Waals surface area contributed by atoms with Crippen molar-refractivity contribution in [2.45, 2.75) is 25.3 Å². The van der Waals surface area contributed by atoms with Crippen molar-refractivity contribution in [1.82, 2.24) is 15.5 Å². The highest BCUT2D eigenvalue weighted by Gasteiger charge is 2.32. The molecular formula is C21H21N5O5S. The van der Waals surface area contributed by atoms with Crippen LogP contribution in [-0.4, -0.2) is 47.6 Å². The van der Waals surface area contributed by atoms with Gasteiger partial charge in [0.2, 0.25) is 0 Å². The molecule has 0 saturated carbocycles. The molecule has 2 amide bonds. The summed E-state index contributed by atoms with van der Waals surface area (Å²) in [7, 11) is 1.37. The van der Waals surface area contributed by atoms with Crippen LogP contribution in [0.15, 0.2) is 40.4 Å². The van der Waals surface area contributed by atoms with Crippen LogP contribution < -0.4 is 16.0 Å². The highest BCUT2D eigenvalue weighted by Crippen LogP contribution is 2.29. The molecule has 2 aromatic heterocycles. The van der Waals surface area contributed by atoms with Gasteiger partial charge in [-0.3, -0.25) is 19.7 Å². The maximum absolute atomic E-state index is 12.7. The van der Waals surface area contributed by atoms with Crippen LogP contribution >= 0.6 is 11.3 Å². The zero-order chi connectivity index (χ0) is 22.7. The molecule has 2 atom stereocenters. The number of thiazole rings is 1. The molecule has 0 aliphatic carbocycles. The number of aryl methyl sites for hydroxylation is 1. The standard InChI is InChI=1S/C21H21N5O5S/c1-11-15(9-23-31-11)19(28)24-14-5-3-4-12(6-14)18(27)26-21-25-17(10-32-21)13-7-16(22-8-13)20(29)30-2/h3-6,9-10,13,16,22H,7-8H2,1-2H3,(H,24,28)(H,25,26,27). The second-order valence-electron chi connectivity index (χ2n) is 7.28. The Bertz CT molecular complexity index is 1160. The average molecular weight is 455 g/mol. The van der Waals surface area contributed by atoms with E-state index in [9.17, 15) is 14.4 Å². The van der Waals surface area contributed by atoms with Crippen LogP contribution in [-0.2, 0) is 9.53 Å². The molecule has 4 rings (SSSR count). The largest absolute Gasteiger partial charge is 0.468 e. The second kappa shape index (κ2) is 9.28. The number of nitrogens with zero attached hydrogens (tertiary/aromatic N) is 2. The van der Waals surface area contributed by atoms with Gasteiger partial charge in [0.1, 0.15) is 17.4 Å². The van der Waals surface area contributed by atoms with Gasteiger partial charge in [0.15, 0.2) is 5.13 Å². The Labute approximate surface area is 187 Å². The van der Waals surface area contributed by atoms with Crippen molar-refractivity contribution in [1.29, 1.82) is 0 Å². The van der Waals surface area contributed by atoms with Crippen molar-refractivity contribution in [3.05, 3.63) is 58.4 Å². The van der Waals surface area contributed by atoms with E-state index in [4.69, 9.17) is 9.26 Å². The lowest BCUT2D eigenvalue weighted by Crippen LogP contribution is -2.31. The molecule has 3 aromatic rings. The van der Waals surface area contributed by atoms with Gasteiger partial charge >= 0.3 is 5.97 Å². The summed E-state index contributed by atoms with van der Waals surface area (Å²) in [6.07, 6.45) is 1.94. The molecule has 3 heterocycles. The molecule has 1 aromatic carbocycles. The van der Waals surface area contributed by atoms with Crippen LogP contribution in [0.3, 0.4) is 0 Å². The molecule has 0 spiro atoms. The minimum Gasteiger partial charge on any atom is -0.468 e. The van der Waals surface area contributed by atoms with Crippen LogP contribution in [0.1, 0.15) is 44.5 Å². The fraction of sp³-hybridized carbons (Fsp3) is 0.286. The van der Waals surface area contributed by atoms with Gasteiger partial charge in [-0.15, -0.1) is 11.3 Å². The topological polar surface area (TPSA) is 135 Å². The number of hydrogen-bond acceptors (Lipinski definition) is 9. The summed E-state index contributed by atoms with van der Waals surface area (Å²) in [5.41, 5.74) is 1.98. The van der Waals surface area contributed by atoms with Crippen LogP contribution in [0.4, 0.5) is 10.8 Å². The second-order valence-corrected chi connectivity index (χ2v) is 8.14. The van der Waals surface area contributed by atoms with Crippen LogP contribution in [0.5, 0.6) is 0 Å². The van der Waals surface area contributed by atoms with Gasteiger partial charge < -0.3 is 19.9 Å². The lowest BCUT2D eigenvalue weighted by molar-refractivity contribution is -0.142. The third kappa shape index (κ3) is 4.68. The Morgan fingerprint density at radius 3 is 2.84 bits per heavy atom. The molecule has 10 nitrogen and oxygen atoms in total. The summed E-state index contributed by atoms with van der Waals surface area (Å²) in [5.74, 6) is -0.532. The maximum atomic E-state index is 12.7. The van der Waals surface area contributed by atoms with Crippen molar-refractivity contribution in [3.63, 3.8) is 0 Å². The Morgan fingerprint density at radius 1 is 1.25 bits per heavy atom. The summed E-state index contributed by atoms with van der Waals surface area (Å²) < 4.78 is 9.68. The predicted octanol–water partition coefficient (Wildman–Crippen LogP) is 2.56. The molecule has 32 heavy (non-hydrogen) atoms. The van der Waals surface area contributed by atoms with E-state index in [1.165, 1.54) is 24.6 Å². The number of esters is 1. The highest BCUT2D eigenvalue weighted by molar-refractivity contribution is 7.14. The molecule has 1 saturated heterocycles. The van der Waals surface area contributed by atoms with Crippen molar-refractivity contribution < 1.29 is 23.6 Å². The molecule has 1 fully saturated rings. The fourth-order valence-corrected chi connectivity index (χ4v) is 4.22. The third-order valence-corrected chi connectivity index (χ3v) is 5.93. The maximum Gasteiger partial charge on any atom is 0.322 e. The van der Waals surface area contributed by atoms with Crippen molar-refractivity contribution in [2.24, 2.45) is 0 Å². The summed E-state index contributed by atoms with van der Waals surface area (Å²) in [6, 6.07) is 6.24. The zero-order valence-corrected chi connectivity index (χ0v) is 18.2. The molecule has 0 bridgehead atoms. The van der Waals surface area contributed by atoms with E-state index >= 15 is 0 Å². The number of methoxy groups -OCH3 is 1. The SMILES string of the molecule is COC(=O)C1CC(c2csc(NC(=O)c3cccc(NC(=O)c4cnoc4C)c3)n2)CN1. The van der Waals surface area contributed by atoms with E-state index in [1.54, 1.807) is 31.2 Å². The van der Waals surface area contributed by atoms with Crippen molar-refractivity contribution >= 4 is 39.9 Å². The first kappa shape index (κ1) is 21.7. The van der Waals surface area contributed by atoms with Crippen LogP contribution in [0, 0.1) is 6.92 Å². The van der Waals surface area contributed by atoms with Gasteiger partial charge in [-0.05, 0) is 31.5 Å². The number of carbonyl (C=O) groups excluding carboxylic acids is 3. The van der Waals surface area contributed by atoms with E-state index < -0.39 is 0 Å². The fourth-order valence-electron chi connectivity index (χ4n) is 3.44. The van der Waals surface area contributed by atoms with E-state index in [-0.39, 0.29) is 29.7 Å². The summed E-state index contributed by atoms with van der Waals surface area (Å²) in [4.78, 5) is 41.2. The van der Waals surface area contributed by atoms with E-state index in [0.717, 1.165) is 5.69 Å². The number of nitrogens with one attached hydrogen (secondary N) is 3. The van der Waals surface area contributed by atoms with Crippen LogP contribution in [0.2, 0.25) is 0 Å². The number of aromatic nitrogens is 2. The summed E-state index contributed by atoms with van der Waals surface area (Å²) in [5, 5.41) is 14.6. The minimum atomic E-state index is -0.374. The molecule has 11 heteroatoms. The van der Waals surface area contributed by atoms with E-state index in [2.05, 4.69) is 26.1 Å². The normalized spacial score (nSPS) is 17.7. The Balaban J connectivity index is 1.39. The zero-order valence-electron chi connectivity index (χ0n) is 17.4. The monoisotopic (exact) mass is 455 g/mol. The Kier molecular flexibility index (Phi) is 6.28. The number of amides is 2. The third-order valence-electron chi connectivity index (χ3n) is 5.16. The van der Waals surface area contributed by atoms with E-state index in [1.807, 2.05) is 5.38 Å². The predicted molar refractivity (Wildman–Crippen MR) is 117 cm³/mol. The molecular weight excluding hydrogens is 434 g/mol. The first-order chi connectivity index (χ1) is 15.4. The lowest BCUT2D eigenvalue weighted by atomic mass is 10.0. The quantitative estimate of drug-likeness (QED) is 0.483. The molecule has 2 unspecified atom stereocenters. The van der Waals surface area contributed by atoms with Crippen LogP contribution in [0.25, 0.3) is 0 Å². The molecule has 0 radical (unpaired) electrons. The highest BCUT2D eigenvalue weighted by atomic mass is 32.1. The number of anilines is 2. The lowest BCUT2D eigenvalue weighted by Gasteiger charge is -2.07. The van der Waals surface area contributed by atoms with Crippen molar-refractivity contribution in [2.75, 3.05) is 24.3 Å². The van der Waals surface area contributed by atoms with Gasteiger partial charge in [0.05, 0.1) is 19.0 Å². The number of hydrogen-bond donors (Lipinski definition) is 3. The summed E-state index contributed by atoms with van der Waals surface area (Å²) in [6.45, 7) is 2.26. The number of benzene rings is 1. The smallest absolute Gasteiger partial charge is 0.322 e. The van der Waals surface area contributed by atoms with Gasteiger partial charge in [-0.2, -0.15) is 0 Å². The first-order valence-electron chi connectivity index (χ1n) is 9.85.